The van der Waals surface area contributed by atoms with Gasteiger partial charge in [0, 0.05) is 5.39 Å². The Bertz CT molecular complexity index is 785. The maximum atomic E-state index is 6.06. The van der Waals surface area contributed by atoms with Crippen LogP contribution in [0.1, 0.15) is 34.1 Å². The van der Waals surface area contributed by atoms with Gasteiger partial charge < -0.3 is 9.73 Å². The zero-order valence-corrected chi connectivity index (χ0v) is 13.0. The van der Waals surface area contributed by atoms with E-state index in [1.54, 1.807) is 0 Å². The maximum Gasteiger partial charge on any atom is 0.134 e. The molecule has 108 valence electrons. The molecule has 0 saturated heterocycles. The van der Waals surface area contributed by atoms with Crippen molar-refractivity contribution in [2.24, 2.45) is 0 Å². The van der Waals surface area contributed by atoms with E-state index in [4.69, 9.17) is 4.42 Å². The minimum Gasteiger partial charge on any atom is -0.459 e. The van der Waals surface area contributed by atoms with Crippen LogP contribution >= 0.6 is 0 Å². The zero-order valence-electron chi connectivity index (χ0n) is 13.0. The zero-order chi connectivity index (χ0) is 15.0. The van der Waals surface area contributed by atoms with Crippen LogP contribution in [0.4, 0.5) is 0 Å². The van der Waals surface area contributed by atoms with Crippen LogP contribution in [0.5, 0.6) is 0 Å². The summed E-state index contributed by atoms with van der Waals surface area (Å²) in [5.41, 5.74) is 6.09. The molecule has 0 amide bonds. The number of aryl methyl sites for hydroxylation is 2. The number of fused-ring (bicyclic) bond motifs is 1. The van der Waals surface area contributed by atoms with Crippen LogP contribution in [0.25, 0.3) is 11.0 Å². The molecule has 2 nitrogen and oxygen atoms in total. The van der Waals surface area contributed by atoms with Gasteiger partial charge in [0.2, 0.25) is 0 Å². The fourth-order valence-corrected chi connectivity index (χ4v) is 2.86. The normalized spacial score (nSPS) is 12.8. The summed E-state index contributed by atoms with van der Waals surface area (Å²) < 4.78 is 6.06. The highest BCUT2D eigenvalue weighted by atomic mass is 16.3. The molecule has 0 radical (unpaired) electrons. The third-order valence-corrected chi connectivity index (χ3v) is 4.22. The molecule has 0 saturated carbocycles. The van der Waals surface area contributed by atoms with Crippen LogP contribution in [0.15, 0.2) is 46.9 Å². The van der Waals surface area contributed by atoms with Gasteiger partial charge in [-0.2, -0.15) is 0 Å². The molecule has 3 aromatic rings. The van der Waals surface area contributed by atoms with Crippen LogP contribution in [-0.2, 0) is 0 Å². The molecule has 0 fully saturated rings. The fraction of sp³-hybridized carbons (Fsp3) is 0.263. The first-order valence-corrected chi connectivity index (χ1v) is 7.33. The molecular formula is C19H21NO. The lowest BCUT2D eigenvalue weighted by Crippen LogP contribution is -2.18. The van der Waals surface area contributed by atoms with Gasteiger partial charge in [-0.3, -0.25) is 0 Å². The van der Waals surface area contributed by atoms with Crippen molar-refractivity contribution in [1.29, 1.82) is 0 Å². The van der Waals surface area contributed by atoms with Gasteiger partial charge in [-0.15, -0.1) is 0 Å². The Morgan fingerprint density at radius 2 is 1.81 bits per heavy atom. The van der Waals surface area contributed by atoms with E-state index < -0.39 is 0 Å². The van der Waals surface area contributed by atoms with Crippen molar-refractivity contribution in [3.05, 3.63) is 70.5 Å². The third-order valence-electron chi connectivity index (χ3n) is 4.22. The van der Waals surface area contributed by atoms with Gasteiger partial charge in [-0.25, -0.2) is 0 Å². The van der Waals surface area contributed by atoms with Crippen molar-refractivity contribution in [3.8, 4) is 0 Å². The van der Waals surface area contributed by atoms with Crippen LogP contribution < -0.4 is 5.32 Å². The first-order valence-electron chi connectivity index (χ1n) is 7.33. The van der Waals surface area contributed by atoms with Crippen molar-refractivity contribution in [3.63, 3.8) is 0 Å². The van der Waals surface area contributed by atoms with Crippen molar-refractivity contribution < 1.29 is 4.42 Å². The van der Waals surface area contributed by atoms with E-state index >= 15 is 0 Å². The Kier molecular flexibility index (Phi) is 3.56. The average Bonchev–Trinajstić information content (AvgIpc) is 2.87. The monoisotopic (exact) mass is 279 g/mol. The summed E-state index contributed by atoms with van der Waals surface area (Å²) in [5.74, 6) is 0.965. The molecule has 1 atom stereocenters. The van der Waals surface area contributed by atoms with Gasteiger partial charge in [0.25, 0.3) is 0 Å². The first-order chi connectivity index (χ1) is 10.1. The number of hydrogen-bond acceptors (Lipinski definition) is 2. The number of rotatable bonds is 3. The van der Waals surface area contributed by atoms with Crippen LogP contribution in [0.3, 0.4) is 0 Å². The second kappa shape index (κ2) is 5.38. The summed E-state index contributed by atoms with van der Waals surface area (Å²) in [5, 5.41) is 4.55. The Hall–Kier alpha value is -2.06. The molecule has 1 N–H and O–H groups in total. The summed E-state index contributed by atoms with van der Waals surface area (Å²) in [7, 11) is 1.98. The summed E-state index contributed by atoms with van der Waals surface area (Å²) >= 11 is 0. The van der Waals surface area contributed by atoms with Crippen LogP contribution in [0, 0.1) is 20.8 Å². The van der Waals surface area contributed by atoms with Gasteiger partial charge in [0.1, 0.15) is 11.3 Å². The van der Waals surface area contributed by atoms with E-state index in [-0.39, 0.29) is 6.04 Å². The quantitative estimate of drug-likeness (QED) is 0.754. The van der Waals surface area contributed by atoms with Crippen molar-refractivity contribution in [2.75, 3.05) is 7.05 Å². The lowest BCUT2D eigenvalue weighted by atomic mass is 9.96. The first kappa shape index (κ1) is 13.9. The molecule has 0 aliphatic rings. The Morgan fingerprint density at radius 1 is 1.00 bits per heavy atom. The Balaban J connectivity index is 2.11. The average molecular weight is 279 g/mol. The molecule has 1 heterocycles. The maximum absolute atomic E-state index is 6.06. The Labute approximate surface area is 125 Å². The van der Waals surface area contributed by atoms with Crippen molar-refractivity contribution >= 4 is 11.0 Å². The topological polar surface area (TPSA) is 25.2 Å². The third kappa shape index (κ3) is 2.47. The molecule has 0 aliphatic carbocycles. The lowest BCUT2D eigenvalue weighted by Gasteiger charge is -2.17. The number of nitrogens with one attached hydrogen (secondary N) is 1. The summed E-state index contributed by atoms with van der Waals surface area (Å²) in [6, 6.07) is 14.9. The van der Waals surface area contributed by atoms with Crippen LogP contribution in [0.2, 0.25) is 0 Å². The second-order valence-electron chi connectivity index (χ2n) is 5.70. The molecule has 2 heteroatoms. The molecule has 1 unspecified atom stereocenters. The molecule has 1 aromatic heterocycles. The second-order valence-corrected chi connectivity index (χ2v) is 5.70. The predicted molar refractivity (Wildman–Crippen MR) is 87.8 cm³/mol. The molecule has 21 heavy (non-hydrogen) atoms. The smallest absolute Gasteiger partial charge is 0.134 e. The number of benzene rings is 2. The van der Waals surface area contributed by atoms with Crippen molar-refractivity contribution in [1.82, 2.24) is 5.32 Å². The fourth-order valence-electron chi connectivity index (χ4n) is 2.86. The van der Waals surface area contributed by atoms with E-state index in [9.17, 15) is 0 Å². The molecule has 2 aromatic carbocycles. The van der Waals surface area contributed by atoms with Gasteiger partial charge in [-0.05, 0) is 62.7 Å². The molecule has 0 bridgehead atoms. The van der Waals surface area contributed by atoms with E-state index in [1.165, 1.54) is 22.3 Å². The van der Waals surface area contributed by atoms with Gasteiger partial charge in [-0.1, -0.05) is 29.8 Å². The van der Waals surface area contributed by atoms with E-state index in [0.717, 1.165) is 16.7 Å². The molecular weight excluding hydrogens is 258 g/mol. The minimum absolute atomic E-state index is 0.0811. The SMILES string of the molecule is CNC(c1cc2cc(C)ccc2o1)c1cccc(C)c1C. The standard InChI is InChI=1S/C19H21NO/c1-12-8-9-17-15(10-12)11-18(21-17)19(20-4)16-7-5-6-13(2)14(16)3/h5-11,19-20H,1-4H3. The van der Waals surface area contributed by atoms with Crippen molar-refractivity contribution in [2.45, 2.75) is 26.8 Å². The summed E-state index contributed by atoms with van der Waals surface area (Å²) in [4.78, 5) is 0. The number of hydrogen-bond donors (Lipinski definition) is 1. The predicted octanol–water partition coefficient (Wildman–Crippen LogP) is 4.67. The highest BCUT2D eigenvalue weighted by Gasteiger charge is 2.19. The van der Waals surface area contributed by atoms with Crippen LogP contribution in [-0.4, -0.2) is 7.05 Å². The minimum atomic E-state index is 0.0811. The summed E-state index contributed by atoms with van der Waals surface area (Å²) in [6.07, 6.45) is 0. The largest absolute Gasteiger partial charge is 0.459 e. The van der Waals surface area contributed by atoms with E-state index in [2.05, 4.69) is 62.5 Å². The summed E-state index contributed by atoms with van der Waals surface area (Å²) in [6.45, 7) is 6.42. The lowest BCUT2D eigenvalue weighted by molar-refractivity contribution is 0.490. The van der Waals surface area contributed by atoms with E-state index in [0.29, 0.717) is 0 Å². The highest BCUT2D eigenvalue weighted by Crippen LogP contribution is 2.30. The molecule has 0 aliphatic heterocycles. The molecule has 0 spiro atoms. The van der Waals surface area contributed by atoms with Gasteiger partial charge in [0.15, 0.2) is 0 Å². The number of furan rings is 1. The van der Waals surface area contributed by atoms with Gasteiger partial charge >= 0.3 is 0 Å². The van der Waals surface area contributed by atoms with Gasteiger partial charge in [0.05, 0.1) is 6.04 Å². The highest BCUT2D eigenvalue weighted by molar-refractivity contribution is 5.79. The molecule has 3 rings (SSSR count). The van der Waals surface area contributed by atoms with E-state index in [1.807, 2.05) is 13.1 Å². The Morgan fingerprint density at radius 3 is 2.57 bits per heavy atom.